The van der Waals surface area contributed by atoms with Gasteiger partial charge in [-0.3, -0.25) is 9.59 Å². The van der Waals surface area contributed by atoms with Crippen molar-refractivity contribution in [2.45, 2.75) is 51.6 Å². The van der Waals surface area contributed by atoms with E-state index in [2.05, 4.69) is 29.0 Å². The highest BCUT2D eigenvalue weighted by Crippen LogP contribution is 2.23. The summed E-state index contributed by atoms with van der Waals surface area (Å²) in [6.07, 6.45) is 3.83. The molecule has 0 bridgehead atoms. The second kappa shape index (κ2) is 8.74. The van der Waals surface area contributed by atoms with E-state index in [4.69, 9.17) is 5.73 Å². The molecule has 0 aliphatic carbocycles. The number of carbonyl (C=O) groups is 2. The number of nitrogens with zero attached hydrogens (tertiary/aromatic N) is 2. The minimum atomic E-state index is -0.223. The van der Waals surface area contributed by atoms with Crippen molar-refractivity contribution in [3.8, 4) is 0 Å². The van der Waals surface area contributed by atoms with Crippen molar-refractivity contribution in [1.29, 1.82) is 0 Å². The number of carbonyl (C=O) groups excluding carboxylic acids is 2. The summed E-state index contributed by atoms with van der Waals surface area (Å²) in [7, 11) is 0. The van der Waals surface area contributed by atoms with E-state index in [0.29, 0.717) is 18.2 Å². The van der Waals surface area contributed by atoms with Crippen LogP contribution in [-0.4, -0.2) is 55.0 Å². The van der Waals surface area contributed by atoms with E-state index < -0.39 is 0 Å². The quantitative estimate of drug-likeness (QED) is 0.829. The van der Waals surface area contributed by atoms with Gasteiger partial charge < -0.3 is 20.9 Å². The minimum Gasteiger partial charge on any atom is -0.371 e. The molecule has 0 unspecified atom stereocenters. The van der Waals surface area contributed by atoms with Crippen molar-refractivity contribution in [3.05, 3.63) is 29.8 Å². The molecule has 3 rings (SSSR count). The van der Waals surface area contributed by atoms with Gasteiger partial charge in [0.25, 0.3) is 5.91 Å². The lowest BCUT2D eigenvalue weighted by Crippen LogP contribution is -2.46. The van der Waals surface area contributed by atoms with Crippen molar-refractivity contribution >= 4 is 17.5 Å². The standard InChI is InChI=1S/C21H32N4O2/c1-15(2)24-12-9-18(10-13-24)23-21(27)16-5-7-19(8-6-16)25-11-3-4-17(14-25)20(22)26/h5-8,15,17-18H,3-4,9-14H2,1-2H3,(H2,22,26)(H,23,27)/t17-/m0/s1. The molecule has 1 atom stereocenters. The first-order chi connectivity index (χ1) is 12.9. The van der Waals surface area contributed by atoms with Gasteiger partial charge in [0.1, 0.15) is 0 Å². The lowest BCUT2D eigenvalue weighted by atomic mass is 9.97. The fourth-order valence-electron chi connectivity index (χ4n) is 4.10. The molecule has 1 aromatic carbocycles. The fraction of sp³-hybridized carbons (Fsp3) is 0.619. The summed E-state index contributed by atoms with van der Waals surface area (Å²) < 4.78 is 0. The molecule has 0 saturated carbocycles. The number of hydrogen-bond donors (Lipinski definition) is 2. The van der Waals surface area contributed by atoms with Crippen molar-refractivity contribution in [2.75, 3.05) is 31.1 Å². The molecular formula is C21H32N4O2. The number of primary amides is 1. The van der Waals surface area contributed by atoms with Crippen LogP contribution in [0.2, 0.25) is 0 Å². The van der Waals surface area contributed by atoms with Gasteiger partial charge in [-0.1, -0.05) is 0 Å². The summed E-state index contributed by atoms with van der Waals surface area (Å²) >= 11 is 0. The maximum absolute atomic E-state index is 12.6. The van der Waals surface area contributed by atoms with Crippen LogP contribution in [0.4, 0.5) is 5.69 Å². The Morgan fingerprint density at radius 3 is 2.33 bits per heavy atom. The molecule has 0 aromatic heterocycles. The first-order valence-corrected chi connectivity index (χ1v) is 10.1. The number of anilines is 1. The van der Waals surface area contributed by atoms with Crippen LogP contribution in [0.5, 0.6) is 0 Å². The second-order valence-corrected chi connectivity index (χ2v) is 8.11. The molecule has 3 N–H and O–H groups in total. The number of rotatable bonds is 5. The highest BCUT2D eigenvalue weighted by Gasteiger charge is 2.25. The first-order valence-electron chi connectivity index (χ1n) is 10.1. The Hall–Kier alpha value is -2.08. The summed E-state index contributed by atoms with van der Waals surface area (Å²) in [6, 6.07) is 8.52. The largest absolute Gasteiger partial charge is 0.371 e. The highest BCUT2D eigenvalue weighted by atomic mass is 16.2. The highest BCUT2D eigenvalue weighted by molar-refractivity contribution is 5.94. The van der Waals surface area contributed by atoms with Crippen molar-refractivity contribution in [2.24, 2.45) is 11.7 Å². The van der Waals surface area contributed by atoms with Gasteiger partial charge in [-0.05, 0) is 63.8 Å². The van der Waals surface area contributed by atoms with Crippen LogP contribution >= 0.6 is 0 Å². The van der Waals surface area contributed by atoms with Crippen LogP contribution in [0.3, 0.4) is 0 Å². The van der Waals surface area contributed by atoms with Crippen molar-refractivity contribution in [1.82, 2.24) is 10.2 Å². The monoisotopic (exact) mass is 372 g/mol. The van der Waals surface area contributed by atoms with Gasteiger partial charge in [-0.25, -0.2) is 0 Å². The van der Waals surface area contributed by atoms with Gasteiger partial charge in [0, 0.05) is 49.5 Å². The topological polar surface area (TPSA) is 78.7 Å². The van der Waals surface area contributed by atoms with E-state index in [9.17, 15) is 9.59 Å². The Morgan fingerprint density at radius 2 is 1.74 bits per heavy atom. The summed E-state index contributed by atoms with van der Waals surface area (Å²) in [5, 5.41) is 3.18. The maximum atomic E-state index is 12.6. The summed E-state index contributed by atoms with van der Waals surface area (Å²) in [5.41, 5.74) is 7.20. The third-order valence-electron chi connectivity index (χ3n) is 5.91. The number of hydrogen-bond acceptors (Lipinski definition) is 4. The van der Waals surface area contributed by atoms with Crippen LogP contribution in [-0.2, 0) is 4.79 Å². The number of benzene rings is 1. The molecule has 2 amide bonds. The van der Waals surface area contributed by atoms with Gasteiger partial charge in [0.2, 0.25) is 5.91 Å². The van der Waals surface area contributed by atoms with E-state index >= 15 is 0 Å². The fourth-order valence-corrected chi connectivity index (χ4v) is 4.10. The van der Waals surface area contributed by atoms with E-state index in [1.54, 1.807) is 0 Å². The molecule has 2 saturated heterocycles. The Labute approximate surface area is 162 Å². The van der Waals surface area contributed by atoms with E-state index in [-0.39, 0.29) is 23.8 Å². The SMILES string of the molecule is CC(C)N1CCC(NC(=O)c2ccc(N3CCC[C@H](C(N)=O)C3)cc2)CC1. The number of amides is 2. The van der Waals surface area contributed by atoms with Crippen LogP contribution in [0.15, 0.2) is 24.3 Å². The third kappa shape index (κ3) is 5.01. The van der Waals surface area contributed by atoms with E-state index in [1.807, 2.05) is 24.3 Å². The molecule has 6 nitrogen and oxygen atoms in total. The minimum absolute atomic E-state index is 0.00166. The molecule has 148 valence electrons. The summed E-state index contributed by atoms with van der Waals surface area (Å²) in [6.45, 7) is 8.09. The molecule has 0 radical (unpaired) electrons. The second-order valence-electron chi connectivity index (χ2n) is 8.11. The molecule has 27 heavy (non-hydrogen) atoms. The summed E-state index contributed by atoms with van der Waals surface area (Å²) in [5.74, 6) is -0.309. The van der Waals surface area contributed by atoms with Crippen LogP contribution in [0.1, 0.15) is 49.9 Å². The zero-order valence-electron chi connectivity index (χ0n) is 16.5. The zero-order chi connectivity index (χ0) is 19.4. The van der Waals surface area contributed by atoms with Crippen molar-refractivity contribution in [3.63, 3.8) is 0 Å². The molecule has 0 spiro atoms. The Balaban J connectivity index is 1.54. The lowest BCUT2D eigenvalue weighted by molar-refractivity contribution is -0.122. The summed E-state index contributed by atoms with van der Waals surface area (Å²) in [4.78, 5) is 28.7. The number of piperidine rings is 2. The van der Waals surface area contributed by atoms with E-state index in [1.165, 1.54) is 0 Å². The number of nitrogens with one attached hydrogen (secondary N) is 1. The Bertz CT molecular complexity index is 651. The van der Waals surface area contributed by atoms with Gasteiger partial charge in [-0.2, -0.15) is 0 Å². The zero-order valence-corrected chi connectivity index (χ0v) is 16.5. The third-order valence-corrected chi connectivity index (χ3v) is 5.91. The number of nitrogens with two attached hydrogens (primary N) is 1. The molecule has 2 fully saturated rings. The maximum Gasteiger partial charge on any atom is 0.251 e. The lowest BCUT2D eigenvalue weighted by Gasteiger charge is -2.35. The molecule has 2 aliphatic heterocycles. The Morgan fingerprint density at radius 1 is 1.07 bits per heavy atom. The normalized spacial score (nSPS) is 22.0. The Kier molecular flexibility index (Phi) is 6.37. The number of likely N-dealkylation sites (tertiary alicyclic amines) is 1. The molecule has 2 aliphatic rings. The molecular weight excluding hydrogens is 340 g/mol. The van der Waals surface area contributed by atoms with Gasteiger partial charge in [-0.15, -0.1) is 0 Å². The smallest absolute Gasteiger partial charge is 0.251 e. The molecule has 1 aromatic rings. The average molecular weight is 373 g/mol. The predicted molar refractivity (Wildman–Crippen MR) is 108 cm³/mol. The van der Waals surface area contributed by atoms with Crippen LogP contribution in [0.25, 0.3) is 0 Å². The van der Waals surface area contributed by atoms with E-state index in [0.717, 1.165) is 51.0 Å². The van der Waals surface area contributed by atoms with Gasteiger partial charge in [0.05, 0.1) is 5.92 Å². The predicted octanol–water partition coefficient (Wildman–Crippen LogP) is 1.99. The first kappa shape index (κ1) is 19.7. The van der Waals surface area contributed by atoms with Crippen LogP contribution < -0.4 is 16.0 Å². The van der Waals surface area contributed by atoms with Gasteiger partial charge >= 0.3 is 0 Å². The van der Waals surface area contributed by atoms with Crippen molar-refractivity contribution < 1.29 is 9.59 Å². The average Bonchev–Trinajstić information content (AvgIpc) is 2.68. The van der Waals surface area contributed by atoms with Crippen LogP contribution in [0, 0.1) is 5.92 Å². The molecule has 2 heterocycles. The molecule has 6 heteroatoms. The van der Waals surface area contributed by atoms with Gasteiger partial charge in [0.15, 0.2) is 0 Å².